The summed E-state index contributed by atoms with van der Waals surface area (Å²) in [6, 6.07) is 6.90. The van der Waals surface area contributed by atoms with E-state index in [2.05, 4.69) is 15.8 Å². The van der Waals surface area contributed by atoms with Crippen LogP contribution in [0.1, 0.15) is 12.5 Å². The van der Waals surface area contributed by atoms with Crippen LogP contribution in [-0.4, -0.2) is 54.1 Å². The number of methoxy groups -OCH3 is 1. The minimum atomic E-state index is -1.27. The number of rotatable bonds is 6. The Hall–Kier alpha value is -2.45. The molecule has 4 N–H and O–H groups in total. The number of benzene rings is 1. The molecule has 0 saturated carbocycles. The van der Waals surface area contributed by atoms with Crippen LogP contribution in [0, 0.1) is 0 Å². The maximum Gasteiger partial charge on any atom is 0.329 e. The Morgan fingerprint density at radius 1 is 1.23 bits per heavy atom. The number of carbonyl (C=O) groups is 2. The van der Waals surface area contributed by atoms with Crippen molar-refractivity contribution in [3.05, 3.63) is 29.8 Å². The Bertz CT molecular complexity index is 538. The molecule has 0 unspecified atom stereocenters. The van der Waals surface area contributed by atoms with Crippen LogP contribution in [0.2, 0.25) is 0 Å². The van der Waals surface area contributed by atoms with Gasteiger partial charge in [0, 0.05) is 0 Å². The molecule has 0 bridgehead atoms. The van der Waals surface area contributed by atoms with Crippen LogP contribution in [0.4, 0.5) is 0 Å². The average molecular weight is 309 g/mol. The second-order valence-electron chi connectivity index (χ2n) is 4.80. The number of amides is 2. The number of nitrogens with one attached hydrogen (secondary N) is 2. The molecule has 0 aromatic heterocycles. The van der Waals surface area contributed by atoms with Gasteiger partial charge in [0.05, 0.1) is 32.1 Å². The molecule has 8 nitrogen and oxygen atoms in total. The van der Waals surface area contributed by atoms with E-state index in [-0.39, 0.29) is 0 Å². The molecule has 8 heteroatoms. The van der Waals surface area contributed by atoms with E-state index < -0.39 is 30.6 Å². The Labute approximate surface area is 127 Å². The van der Waals surface area contributed by atoms with Gasteiger partial charge in [-0.25, -0.2) is 5.43 Å². The van der Waals surface area contributed by atoms with Gasteiger partial charge in [-0.3, -0.25) is 9.59 Å². The molecular weight excluding hydrogens is 290 g/mol. The summed E-state index contributed by atoms with van der Waals surface area (Å²) in [5, 5.41) is 23.9. The monoisotopic (exact) mass is 309 g/mol. The Morgan fingerprint density at radius 3 is 2.32 bits per heavy atom. The maximum atomic E-state index is 11.6. The topological polar surface area (TPSA) is 120 Å². The van der Waals surface area contributed by atoms with Gasteiger partial charge in [0.15, 0.2) is 0 Å². The van der Waals surface area contributed by atoms with E-state index >= 15 is 0 Å². The number of hydrogen-bond acceptors (Lipinski definition) is 6. The van der Waals surface area contributed by atoms with Crippen LogP contribution in [0.5, 0.6) is 5.75 Å². The van der Waals surface area contributed by atoms with E-state index in [9.17, 15) is 9.59 Å². The number of nitrogens with zero attached hydrogens (tertiary/aromatic N) is 1. The highest BCUT2D eigenvalue weighted by Gasteiger charge is 2.27. The average Bonchev–Trinajstić information content (AvgIpc) is 2.55. The highest BCUT2D eigenvalue weighted by molar-refractivity contribution is 6.35. The molecule has 22 heavy (non-hydrogen) atoms. The zero-order chi connectivity index (χ0) is 16.6. The van der Waals surface area contributed by atoms with E-state index in [1.807, 2.05) is 0 Å². The van der Waals surface area contributed by atoms with Gasteiger partial charge in [-0.2, -0.15) is 5.10 Å². The number of ether oxygens (including phenoxy) is 1. The normalized spacial score (nSPS) is 11.3. The van der Waals surface area contributed by atoms with Gasteiger partial charge >= 0.3 is 11.8 Å². The fourth-order valence-corrected chi connectivity index (χ4v) is 1.37. The van der Waals surface area contributed by atoms with Gasteiger partial charge in [-0.05, 0) is 36.8 Å². The molecule has 0 radical (unpaired) electrons. The molecular formula is C14H19N3O5. The van der Waals surface area contributed by atoms with Crippen LogP contribution < -0.4 is 15.5 Å². The third-order valence-corrected chi connectivity index (χ3v) is 2.82. The fourth-order valence-electron chi connectivity index (χ4n) is 1.37. The lowest BCUT2D eigenvalue weighted by atomic mass is 10.1. The highest BCUT2D eigenvalue weighted by atomic mass is 16.5. The smallest absolute Gasteiger partial charge is 0.329 e. The van der Waals surface area contributed by atoms with E-state index in [1.54, 1.807) is 31.4 Å². The lowest BCUT2D eigenvalue weighted by Gasteiger charge is -2.25. The van der Waals surface area contributed by atoms with Gasteiger partial charge in [0.2, 0.25) is 0 Å². The fraction of sp³-hybridized carbons (Fsp3) is 0.357. The molecule has 0 saturated heterocycles. The molecule has 1 aromatic carbocycles. The summed E-state index contributed by atoms with van der Waals surface area (Å²) < 4.78 is 5.00. The van der Waals surface area contributed by atoms with E-state index in [1.165, 1.54) is 13.1 Å². The van der Waals surface area contributed by atoms with Crippen molar-refractivity contribution in [3.63, 3.8) is 0 Å². The van der Waals surface area contributed by atoms with E-state index in [0.29, 0.717) is 11.3 Å². The van der Waals surface area contributed by atoms with Gasteiger partial charge in [0.25, 0.3) is 0 Å². The third-order valence-electron chi connectivity index (χ3n) is 2.82. The van der Waals surface area contributed by atoms with Crippen LogP contribution in [-0.2, 0) is 9.59 Å². The molecule has 0 aliphatic rings. The van der Waals surface area contributed by atoms with Crippen molar-refractivity contribution in [1.29, 1.82) is 0 Å². The first-order chi connectivity index (χ1) is 10.4. The maximum absolute atomic E-state index is 11.6. The lowest BCUT2D eigenvalue weighted by Crippen LogP contribution is -2.55. The third kappa shape index (κ3) is 5.15. The Morgan fingerprint density at radius 2 is 1.82 bits per heavy atom. The molecule has 0 aliphatic carbocycles. The van der Waals surface area contributed by atoms with Crippen LogP contribution >= 0.6 is 0 Å². The highest BCUT2D eigenvalue weighted by Crippen LogP contribution is 2.09. The summed E-state index contributed by atoms with van der Waals surface area (Å²) in [5.74, 6) is -1.32. The van der Waals surface area contributed by atoms with Gasteiger partial charge < -0.3 is 20.3 Å². The van der Waals surface area contributed by atoms with Gasteiger partial charge in [-0.1, -0.05) is 0 Å². The number of aliphatic hydroxyl groups excluding tert-OH is 2. The number of carbonyl (C=O) groups excluding carboxylic acids is 2. The molecule has 0 atom stereocenters. The zero-order valence-electron chi connectivity index (χ0n) is 12.4. The molecule has 0 spiro atoms. The van der Waals surface area contributed by atoms with Crippen molar-refractivity contribution < 1.29 is 24.5 Å². The van der Waals surface area contributed by atoms with Crippen molar-refractivity contribution in [2.24, 2.45) is 5.10 Å². The van der Waals surface area contributed by atoms with E-state index in [4.69, 9.17) is 14.9 Å². The number of aliphatic hydroxyl groups is 2. The predicted octanol–water partition coefficient (Wildman–Crippen LogP) is -0.995. The first kappa shape index (κ1) is 17.6. The minimum Gasteiger partial charge on any atom is -0.497 e. The molecule has 2 amide bonds. The molecule has 1 rings (SSSR count). The summed E-state index contributed by atoms with van der Waals surface area (Å²) in [6.07, 6.45) is 1.36. The van der Waals surface area contributed by atoms with Crippen LogP contribution in [0.3, 0.4) is 0 Å². The first-order valence-corrected chi connectivity index (χ1v) is 6.45. The Kier molecular flexibility index (Phi) is 6.48. The summed E-state index contributed by atoms with van der Waals surface area (Å²) in [5.41, 5.74) is 1.49. The first-order valence-electron chi connectivity index (χ1n) is 6.45. The molecule has 0 aliphatic heterocycles. The summed E-state index contributed by atoms with van der Waals surface area (Å²) in [7, 11) is 1.55. The van der Waals surface area contributed by atoms with Gasteiger partial charge in [0.1, 0.15) is 5.75 Å². The SMILES string of the molecule is COc1ccc(/C=N/NC(=O)C(=O)NC(C)(CO)CO)cc1. The van der Waals surface area contributed by atoms with Crippen molar-refractivity contribution >= 4 is 18.0 Å². The quantitative estimate of drug-likeness (QED) is 0.305. The molecule has 120 valence electrons. The van der Waals surface area contributed by atoms with Crippen LogP contribution in [0.25, 0.3) is 0 Å². The van der Waals surface area contributed by atoms with Gasteiger partial charge in [-0.15, -0.1) is 0 Å². The molecule has 0 fully saturated rings. The Balaban J connectivity index is 2.54. The van der Waals surface area contributed by atoms with Crippen molar-refractivity contribution in [1.82, 2.24) is 10.7 Å². The second-order valence-corrected chi connectivity index (χ2v) is 4.80. The number of hydrazone groups is 1. The minimum absolute atomic E-state index is 0.502. The second kappa shape index (κ2) is 8.11. The standard InChI is InChI=1S/C14H19N3O5/c1-14(8-18,9-19)16-12(20)13(21)17-15-7-10-3-5-11(22-2)6-4-10/h3-7,18-19H,8-9H2,1-2H3,(H,16,20)(H,17,21)/b15-7+. The molecule has 1 aromatic rings. The van der Waals surface area contributed by atoms with Crippen molar-refractivity contribution in [2.75, 3.05) is 20.3 Å². The largest absolute Gasteiger partial charge is 0.497 e. The summed E-state index contributed by atoms with van der Waals surface area (Å²) in [6.45, 7) is 0.397. The lowest BCUT2D eigenvalue weighted by molar-refractivity contribution is -0.140. The van der Waals surface area contributed by atoms with Crippen molar-refractivity contribution in [2.45, 2.75) is 12.5 Å². The van der Waals surface area contributed by atoms with Crippen molar-refractivity contribution in [3.8, 4) is 5.75 Å². The predicted molar refractivity (Wildman–Crippen MR) is 79.5 cm³/mol. The zero-order valence-corrected chi connectivity index (χ0v) is 12.4. The molecule has 0 heterocycles. The van der Waals surface area contributed by atoms with E-state index in [0.717, 1.165) is 0 Å². The summed E-state index contributed by atoms with van der Waals surface area (Å²) >= 11 is 0. The van der Waals surface area contributed by atoms with Crippen LogP contribution in [0.15, 0.2) is 29.4 Å². The summed E-state index contributed by atoms with van der Waals surface area (Å²) in [4.78, 5) is 23.1. The number of hydrogen-bond donors (Lipinski definition) is 4.